The lowest BCUT2D eigenvalue weighted by Crippen LogP contribution is -2.06. The summed E-state index contributed by atoms with van der Waals surface area (Å²) in [5.74, 6) is 1.42. The van der Waals surface area contributed by atoms with Gasteiger partial charge in [-0.05, 0) is 48.4 Å². The van der Waals surface area contributed by atoms with Crippen LogP contribution in [0.15, 0.2) is 82.7 Å². The van der Waals surface area contributed by atoms with E-state index in [1.54, 1.807) is 18.9 Å². The number of carbonyl (C=O) groups excluding carboxylic acids is 1. The van der Waals surface area contributed by atoms with E-state index in [4.69, 9.17) is 9.47 Å². The van der Waals surface area contributed by atoms with E-state index in [1.807, 2.05) is 55.5 Å². The molecule has 0 aliphatic carbocycles. The van der Waals surface area contributed by atoms with Crippen LogP contribution in [0.4, 0.5) is 11.4 Å². The van der Waals surface area contributed by atoms with Crippen LogP contribution in [0.5, 0.6) is 11.5 Å². The van der Waals surface area contributed by atoms with Crippen molar-refractivity contribution in [3.8, 4) is 11.5 Å². The molecule has 0 atom stereocenters. The Morgan fingerprint density at radius 1 is 1.10 bits per heavy atom. The fourth-order valence-corrected chi connectivity index (χ4v) is 3.95. The average Bonchev–Trinajstić information content (AvgIpc) is 2.76. The molecule has 0 aliphatic heterocycles. The molecule has 0 fully saturated rings. The molecule has 3 rings (SSSR count). The molecule has 4 nitrogen and oxygen atoms in total. The first-order valence-electron chi connectivity index (χ1n) is 9.26. The lowest BCUT2D eigenvalue weighted by Gasteiger charge is -2.16. The molecule has 0 unspecified atom stereocenters. The number of esters is 1. The number of hydrogen-bond donors (Lipinski definition) is 1. The minimum atomic E-state index is -0.512. The minimum Gasteiger partial charge on any atom is -0.495 e. The molecule has 0 spiro atoms. The number of aryl methyl sites for hydroxylation is 1. The second-order valence-electron chi connectivity index (χ2n) is 6.48. The molecule has 0 amide bonds. The molecule has 0 saturated heterocycles. The predicted octanol–water partition coefficient (Wildman–Crippen LogP) is 6.89. The maximum absolute atomic E-state index is 11.9. The molecular formula is C24H22BrNO3S. The smallest absolute Gasteiger partial charge is 0.335 e. The van der Waals surface area contributed by atoms with Gasteiger partial charge in [-0.15, -0.1) is 11.8 Å². The second kappa shape index (κ2) is 10.4. The van der Waals surface area contributed by atoms with Crippen LogP contribution in [0, 0.1) is 6.92 Å². The molecular weight excluding hydrogens is 462 g/mol. The van der Waals surface area contributed by atoms with Gasteiger partial charge in [0, 0.05) is 21.2 Å². The van der Waals surface area contributed by atoms with Crippen molar-refractivity contribution < 1.29 is 14.3 Å². The van der Waals surface area contributed by atoms with E-state index in [0.29, 0.717) is 17.2 Å². The Morgan fingerprint density at radius 2 is 1.87 bits per heavy atom. The van der Waals surface area contributed by atoms with Gasteiger partial charge >= 0.3 is 5.97 Å². The SMILES string of the molecule is C=CC(=O)Oc1cc(SCc2ccccc2)ccc1Nc1cc(C)c(Br)cc1OC. The zero-order valence-corrected chi connectivity index (χ0v) is 19.2. The molecule has 0 bridgehead atoms. The van der Waals surface area contributed by atoms with E-state index >= 15 is 0 Å². The van der Waals surface area contributed by atoms with Crippen LogP contribution in [0.25, 0.3) is 0 Å². The van der Waals surface area contributed by atoms with E-state index in [2.05, 4.69) is 40.0 Å². The predicted molar refractivity (Wildman–Crippen MR) is 127 cm³/mol. The van der Waals surface area contributed by atoms with Crippen molar-refractivity contribution in [3.63, 3.8) is 0 Å². The molecule has 3 aromatic rings. The standard InChI is InChI=1S/C24H22BrNO3S/c1-4-24(27)29-23-13-18(30-15-17-8-6-5-7-9-17)10-11-20(23)26-21-12-16(2)19(25)14-22(21)28-3/h4-14,26H,1,15H2,2-3H3. The van der Waals surface area contributed by atoms with Gasteiger partial charge in [-0.2, -0.15) is 0 Å². The highest BCUT2D eigenvalue weighted by Crippen LogP contribution is 2.38. The van der Waals surface area contributed by atoms with Crippen LogP contribution in [0.3, 0.4) is 0 Å². The van der Waals surface area contributed by atoms with Crippen molar-refractivity contribution in [2.75, 3.05) is 12.4 Å². The highest BCUT2D eigenvalue weighted by molar-refractivity contribution is 9.10. The zero-order valence-electron chi connectivity index (χ0n) is 16.8. The molecule has 3 aromatic carbocycles. The number of carbonyl (C=O) groups is 1. The lowest BCUT2D eigenvalue weighted by atomic mass is 10.2. The number of methoxy groups -OCH3 is 1. The van der Waals surface area contributed by atoms with E-state index < -0.39 is 5.97 Å². The summed E-state index contributed by atoms with van der Waals surface area (Å²) in [6.07, 6.45) is 1.15. The van der Waals surface area contributed by atoms with Crippen LogP contribution in [0.2, 0.25) is 0 Å². The van der Waals surface area contributed by atoms with E-state index in [9.17, 15) is 4.79 Å². The van der Waals surface area contributed by atoms with Crippen molar-refractivity contribution in [2.45, 2.75) is 17.6 Å². The van der Waals surface area contributed by atoms with Gasteiger partial charge in [0.1, 0.15) is 5.75 Å². The van der Waals surface area contributed by atoms with Gasteiger partial charge in [0.05, 0.1) is 18.5 Å². The summed E-state index contributed by atoms with van der Waals surface area (Å²) in [7, 11) is 1.62. The summed E-state index contributed by atoms with van der Waals surface area (Å²) < 4.78 is 11.9. The molecule has 0 aromatic heterocycles. The number of nitrogens with one attached hydrogen (secondary N) is 1. The van der Waals surface area contributed by atoms with Gasteiger partial charge in [-0.1, -0.05) is 52.8 Å². The number of ether oxygens (including phenoxy) is 2. The first-order valence-corrected chi connectivity index (χ1v) is 11.0. The van der Waals surface area contributed by atoms with Crippen molar-refractivity contribution >= 4 is 45.0 Å². The zero-order chi connectivity index (χ0) is 21.5. The summed E-state index contributed by atoms with van der Waals surface area (Å²) >= 11 is 5.19. The Morgan fingerprint density at radius 3 is 2.57 bits per heavy atom. The number of halogens is 1. The molecule has 0 aliphatic rings. The molecule has 30 heavy (non-hydrogen) atoms. The highest BCUT2D eigenvalue weighted by Gasteiger charge is 2.13. The molecule has 6 heteroatoms. The molecule has 1 N–H and O–H groups in total. The van der Waals surface area contributed by atoms with Gasteiger partial charge in [-0.25, -0.2) is 4.79 Å². The largest absolute Gasteiger partial charge is 0.495 e. The number of thioether (sulfide) groups is 1. The number of benzene rings is 3. The van der Waals surface area contributed by atoms with E-state index in [1.165, 1.54) is 5.56 Å². The highest BCUT2D eigenvalue weighted by atomic mass is 79.9. The maximum atomic E-state index is 11.9. The Labute approximate surface area is 189 Å². The van der Waals surface area contributed by atoms with Crippen LogP contribution in [-0.4, -0.2) is 13.1 Å². The van der Waals surface area contributed by atoms with Crippen LogP contribution < -0.4 is 14.8 Å². The number of anilines is 2. The fraction of sp³-hybridized carbons (Fsp3) is 0.125. The summed E-state index contributed by atoms with van der Waals surface area (Å²) in [6, 6.07) is 19.8. The van der Waals surface area contributed by atoms with Crippen molar-refractivity contribution in [1.82, 2.24) is 0 Å². The Bertz CT molecular complexity index is 1050. The van der Waals surface area contributed by atoms with Crippen LogP contribution >= 0.6 is 27.7 Å². The van der Waals surface area contributed by atoms with Crippen molar-refractivity contribution in [2.24, 2.45) is 0 Å². The summed E-state index contributed by atoms with van der Waals surface area (Å²) in [5.41, 5.74) is 3.72. The van der Waals surface area contributed by atoms with Crippen molar-refractivity contribution in [3.05, 3.63) is 88.9 Å². The normalized spacial score (nSPS) is 10.4. The molecule has 0 heterocycles. The topological polar surface area (TPSA) is 47.6 Å². The second-order valence-corrected chi connectivity index (χ2v) is 8.39. The average molecular weight is 484 g/mol. The van der Waals surface area contributed by atoms with Crippen LogP contribution in [0.1, 0.15) is 11.1 Å². The number of hydrogen-bond acceptors (Lipinski definition) is 5. The van der Waals surface area contributed by atoms with Gasteiger partial charge in [0.15, 0.2) is 5.75 Å². The summed E-state index contributed by atoms with van der Waals surface area (Å²) in [5, 5.41) is 3.32. The Kier molecular flexibility index (Phi) is 7.60. The maximum Gasteiger partial charge on any atom is 0.335 e. The quantitative estimate of drug-likeness (QED) is 0.163. The number of rotatable bonds is 8. The van der Waals surface area contributed by atoms with E-state index in [-0.39, 0.29) is 0 Å². The third kappa shape index (κ3) is 5.68. The van der Waals surface area contributed by atoms with Crippen molar-refractivity contribution in [1.29, 1.82) is 0 Å². The third-order valence-corrected chi connectivity index (χ3v) is 6.25. The van der Waals surface area contributed by atoms with Gasteiger partial charge < -0.3 is 14.8 Å². The summed E-state index contributed by atoms with van der Waals surface area (Å²) in [6.45, 7) is 5.49. The van der Waals surface area contributed by atoms with Crippen LogP contribution in [-0.2, 0) is 10.5 Å². The molecule has 0 saturated carbocycles. The fourth-order valence-electron chi connectivity index (χ4n) is 2.75. The monoisotopic (exact) mass is 483 g/mol. The third-order valence-electron chi connectivity index (χ3n) is 4.33. The lowest BCUT2D eigenvalue weighted by molar-refractivity contribution is -0.128. The first kappa shape index (κ1) is 22.0. The minimum absolute atomic E-state index is 0.431. The van der Waals surface area contributed by atoms with Gasteiger partial charge in [-0.3, -0.25) is 0 Å². The summed E-state index contributed by atoms with van der Waals surface area (Å²) in [4.78, 5) is 12.9. The molecule has 154 valence electrons. The first-order chi connectivity index (χ1) is 14.5. The Hall–Kier alpha value is -2.70. The van der Waals surface area contributed by atoms with Gasteiger partial charge in [0.25, 0.3) is 0 Å². The van der Waals surface area contributed by atoms with Gasteiger partial charge in [0.2, 0.25) is 0 Å². The van der Waals surface area contributed by atoms with E-state index in [0.717, 1.165) is 32.4 Å². The Balaban J connectivity index is 1.88. The molecule has 0 radical (unpaired) electrons.